The molecule has 1 amide bonds. The molecule has 1 aliphatic heterocycles. The molecule has 0 saturated carbocycles. The van der Waals surface area contributed by atoms with E-state index in [1.165, 1.54) is 24.8 Å². The molecule has 0 unspecified atom stereocenters. The average molecular weight is 584 g/mol. The number of hydrogen-bond acceptors (Lipinski definition) is 5. The van der Waals surface area contributed by atoms with Crippen LogP contribution in [0, 0.1) is 6.92 Å². The van der Waals surface area contributed by atoms with Gasteiger partial charge in [0.2, 0.25) is 5.91 Å². The predicted molar refractivity (Wildman–Crippen MR) is 166 cm³/mol. The molecule has 1 aliphatic rings. The van der Waals surface area contributed by atoms with Gasteiger partial charge in [-0.3, -0.25) is 14.0 Å². The Kier molecular flexibility index (Phi) is 9.56. The van der Waals surface area contributed by atoms with Crippen LogP contribution in [-0.2, 0) is 27.9 Å². The number of sulfonamides is 1. The van der Waals surface area contributed by atoms with Crippen molar-refractivity contribution in [3.8, 4) is 11.5 Å². The third-order valence-corrected chi connectivity index (χ3v) is 9.16. The number of nitrogens with one attached hydrogen (secondary N) is 1. The third-order valence-electron chi connectivity index (χ3n) is 7.37. The second-order valence-electron chi connectivity index (χ2n) is 10.7. The number of amides is 1. The van der Waals surface area contributed by atoms with E-state index in [2.05, 4.69) is 22.3 Å². The molecule has 5 rings (SSSR count). The molecule has 0 aromatic heterocycles. The number of benzene rings is 4. The fourth-order valence-corrected chi connectivity index (χ4v) is 6.40. The Labute approximate surface area is 248 Å². The quantitative estimate of drug-likeness (QED) is 0.225. The number of carbonyl (C=O) groups is 1. The third kappa shape index (κ3) is 7.78. The monoisotopic (exact) mass is 583 g/mol. The molecule has 8 heteroatoms. The lowest BCUT2D eigenvalue weighted by atomic mass is 10.1. The minimum Gasteiger partial charge on any atom is -0.457 e. The summed E-state index contributed by atoms with van der Waals surface area (Å²) in [5.74, 6) is 0.840. The summed E-state index contributed by atoms with van der Waals surface area (Å²) in [5, 5.41) is 2.90. The Bertz CT molecular complexity index is 1550. The molecular weight excluding hydrogens is 546 g/mol. The minimum absolute atomic E-state index is 0.120. The fraction of sp³-hybridized carbons (Fsp3) is 0.265. The maximum absolute atomic E-state index is 13.7. The highest BCUT2D eigenvalue weighted by atomic mass is 32.2. The predicted octanol–water partition coefficient (Wildman–Crippen LogP) is 6.28. The molecule has 218 valence electrons. The number of nitrogens with zero attached hydrogens (tertiary/aromatic N) is 2. The SMILES string of the molecule is Cc1ccc(S(=O)(=O)N(CC(=O)NCc2ccc(CN3CCCCC3)cc2)c2ccc(Oc3ccccc3)cc2)cc1. The summed E-state index contributed by atoms with van der Waals surface area (Å²) < 4.78 is 34.5. The maximum atomic E-state index is 13.7. The number of aryl methyl sites for hydroxylation is 1. The van der Waals surface area contributed by atoms with E-state index in [0.29, 0.717) is 23.7 Å². The van der Waals surface area contributed by atoms with Crippen LogP contribution in [-0.4, -0.2) is 38.9 Å². The van der Waals surface area contributed by atoms with Gasteiger partial charge in [-0.2, -0.15) is 0 Å². The number of likely N-dealkylation sites (tertiary alicyclic amines) is 1. The molecule has 42 heavy (non-hydrogen) atoms. The molecule has 0 spiro atoms. The summed E-state index contributed by atoms with van der Waals surface area (Å²) in [5.41, 5.74) is 3.53. The number of ether oxygens (including phenoxy) is 1. The zero-order chi connectivity index (χ0) is 29.4. The van der Waals surface area contributed by atoms with E-state index < -0.39 is 15.9 Å². The first-order chi connectivity index (χ1) is 20.4. The second kappa shape index (κ2) is 13.7. The number of carbonyl (C=O) groups excluding carboxylic acids is 1. The van der Waals surface area contributed by atoms with Crippen molar-refractivity contribution in [2.75, 3.05) is 23.9 Å². The van der Waals surface area contributed by atoms with E-state index in [4.69, 9.17) is 4.74 Å². The van der Waals surface area contributed by atoms with E-state index in [9.17, 15) is 13.2 Å². The molecule has 4 aromatic rings. The Hall–Kier alpha value is -4.14. The molecule has 7 nitrogen and oxygen atoms in total. The largest absolute Gasteiger partial charge is 0.457 e. The molecule has 4 aromatic carbocycles. The number of para-hydroxylation sites is 1. The molecule has 0 bridgehead atoms. The highest BCUT2D eigenvalue weighted by Gasteiger charge is 2.27. The van der Waals surface area contributed by atoms with Gasteiger partial charge in [-0.25, -0.2) is 8.42 Å². The van der Waals surface area contributed by atoms with Crippen LogP contribution in [0.25, 0.3) is 0 Å². The summed E-state index contributed by atoms with van der Waals surface area (Å²) in [7, 11) is -4.01. The Morgan fingerprint density at radius 1 is 0.786 bits per heavy atom. The van der Waals surface area contributed by atoms with Gasteiger partial charge in [0.05, 0.1) is 10.6 Å². The van der Waals surface area contributed by atoms with E-state index in [1.54, 1.807) is 48.5 Å². The highest BCUT2D eigenvalue weighted by molar-refractivity contribution is 7.92. The van der Waals surface area contributed by atoms with Crippen molar-refractivity contribution in [1.29, 1.82) is 0 Å². The first kappa shape index (κ1) is 29.4. The fourth-order valence-electron chi connectivity index (χ4n) is 4.98. The van der Waals surface area contributed by atoms with Gasteiger partial charge in [0.15, 0.2) is 0 Å². The van der Waals surface area contributed by atoms with Crippen LogP contribution in [0.15, 0.2) is 108 Å². The first-order valence-corrected chi connectivity index (χ1v) is 15.8. The molecule has 0 radical (unpaired) electrons. The lowest BCUT2D eigenvalue weighted by Gasteiger charge is -2.26. The summed E-state index contributed by atoms with van der Waals surface area (Å²) in [4.78, 5) is 15.7. The normalized spacial score (nSPS) is 13.8. The van der Waals surface area contributed by atoms with Crippen LogP contribution in [0.1, 0.15) is 36.0 Å². The Balaban J connectivity index is 1.27. The standard InChI is InChI=1S/C34H37N3O4S/c1-27-10-20-33(21-11-27)42(39,40)37(30-16-18-32(19-17-30)41-31-8-4-2-5-9-31)26-34(38)35-24-28-12-14-29(15-13-28)25-36-22-6-3-7-23-36/h2,4-5,8-21H,3,6-7,22-26H2,1H3,(H,35,38). The molecule has 1 N–H and O–H groups in total. The van der Waals surface area contributed by atoms with Crippen LogP contribution in [0.3, 0.4) is 0 Å². The van der Waals surface area contributed by atoms with Crippen molar-refractivity contribution in [2.45, 2.75) is 44.2 Å². The second-order valence-corrected chi connectivity index (χ2v) is 12.5. The molecular formula is C34H37N3O4S. The molecule has 1 heterocycles. The molecule has 0 atom stereocenters. The lowest BCUT2D eigenvalue weighted by Crippen LogP contribution is -2.40. The van der Waals surface area contributed by atoms with E-state index in [-0.39, 0.29) is 11.4 Å². The average Bonchev–Trinajstić information content (AvgIpc) is 3.01. The van der Waals surface area contributed by atoms with Crippen molar-refractivity contribution in [1.82, 2.24) is 10.2 Å². The minimum atomic E-state index is -4.01. The van der Waals surface area contributed by atoms with Crippen LogP contribution in [0.2, 0.25) is 0 Å². The molecule has 1 saturated heterocycles. The van der Waals surface area contributed by atoms with Crippen LogP contribution < -0.4 is 14.4 Å². The van der Waals surface area contributed by atoms with Gasteiger partial charge in [-0.05, 0) is 92.5 Å². The van der Waals surface area contributed by atoms with Crippen molar-refractivity contribution in [3.63, 3.8) is 0 Å². The summed E-state index contributed by atoms with van der Waals surface area (Å²) in [6, 6.07) is 30.9. The number of hydrogen-bond donors (Lipinski definition) is 1. The zero-order valence-corrected chi connectivity index (χ0v) is 24.7. The lowest BCUT2D eigenvalue weighted by molar-refractivity contribution is -0.119. The van der Waals surface area contributed by atoms with E-state index in [0.717, 1.165) is 35.1 Å². The number of piperidine rings is 1. The van der Waals surface area contributed by atoms with Gasteiger partial charge in [-0.1, -0.05) is 66.6 Å². The van der Waals surface area contributed by atoms with Gasteiger partial charge in [0, 0.05) is 13.1 Å². The molecule has 0 aliphatic carbocycles. The van der Waals surface area contributed by atoms with Crippen molar-refractivity contribution < 1.29 is 17.9 Å². The van der Waals surface area contributed by atoms with Gasteiger partial charge < -0.3 is 10.1 Å². The van der Waals surface area contributed by atoms with Gasteiger partial charge in [-0.15, -0.1) is 0 Å². The maximum Gasteiger partial charge on any atom is 0.264 e. The van der Waals surface area contributed by atoms with Crippen molar-refractivity contribution >= 4 is 21.6 Å². The van der Waals surface area contributed by atoms with E-state index >= 15 is 0 Å². The Morgan fingerprint density at radius 3 is 2.07 bits per heavy atom. The van der Waals surface area contributed by atoms with Crippen molar-refractivity contribution in [3.05, 3.63) is 120 Å². The number of rotatable bonds is 11. The number of anilines is 1. The summed E-state index contributed by atoms with van der Waals surface area (Å²) in [6.45, 7) is 5.07. The zero-order valence-electron chi connectivity index (χ0n) is 23.9. The first-order valence-electron chi connectivity index (χ1n) is 14.4. The van der Waals surface area contributed by atoms with Crippen molar-refractivity contribution in [2.24, 2.45) is 0 Å². The van der Waals surface area contributed by atoms with Crippen LogP contribution >= 0.6 is 0 Å². The Morgan fingerprint density at radius 2 is 1.40 bits per heavy atom. The molecule has 1 fully saturated rings. The van der Waals surface area contributed by atoms with E-state index in [1.807, 2.05) is 49.4 Å². The van der Waals surface area contributed by atoms with Gasteiger partial charge in [0.1, 0.15) is 18.0 Å². The topological polar surface area (TPSA) is 79.0 Å². The van der Waals surface area contributed by atoms with Crippen LogP contribution in [0.5, 0.6) is 11.5 Å². The van der Waals surface area contributed by atoms with Crippen LogP contribution in [0.4, 0.5) is 5.69 Å². The smallest absolute Gasteiger partial charge is 0.264 e. The highest BCUT2D eigenvalue weighted by Crippen LogP contribution is 2.28. The van der Waals surface area contributed by atoms with Gasteiger partial charge in [0.25, 0.3) is 10.0 Å². The summed E-state index contributed by atoms with van der Waals surface area (Å²) in [6.07, 6.45) is 3.83. The van der Waals surface area contributed by atoms with Gasteiger partial charge >= 0.3 is 0 Å². The summed E-state index contributed by atoms with van der Waals surface area (Å²) >= 11 is 0.